The fraction of sp³-hybridized carbons (Fsp3) is 0.444. The molecule has 0 amide bonds. The van der Waals surface area contributed by atoms with Crippen molar-refractivity contribution in [1.82, 2.24) is 0 Å². The normalized spacial score (nSPS) is 12.8. The van der Waals surface area contributed by atoms with E-state index in [-0.39, 0.29) is 23.2 Å². The highest BCUT2D eigenvalue weighted by atomic mass is 16.3. The minimum atomic E-state index is -0.141. The van der Waals surface area contributed by atoms with Gasteiger partial charge in [-0.1, -0.05) is 20.8 Å². The predicted molar refractivity (Wildman–Crippen MR) is 85.7 cm³/mol. The van der Waals surface area contributed by atoms with Gasteiger partial charge in [-0.25, -0.2) is 0 Å². The molecule has 0 aliphatic heterocycles. The Morgan fingerprint density at radius 2 is 1.59 bits per heavy atom. The van der Waals surface area contributed by atoms with Crippen LogP contribution in [0.2, 0.25) is 0 Å². The lowest BCUT2D eigenvalue weighted by atomic mass is 9.92. The van der Waals surface area contributed by atoms with Gasteiger partial charge in [0.1, 0.15) is 28.8 Å². The quantitative estimate of drug-likeness (QED) is 0.756. The SMILES string of the molecule is Cc1oc(C(C)C)cc1CCC(C)c1c(O)cc(O)cc1O. The standard InChI is InChI=1S/C18H24O4/c1-10(2)17-7-13(12(4)22-17)6-5-11(3)18-15(20)8-14(19)9-16(18)21/h7-11,19-21H,5-6H2,1-4H3. The minimum Gasteiger partial charge on any atom is -0.508 e. The van der Waals surface area contributed by atoms with Gasteiger partial charge >= 0.3 is 0 Å². The third-order valence-corrected chi connectivity index (χ3v) is 4.07. The molecular formula is C18H24O4. The van der Waals surface area contributed by atoms with Gasteiger partial charge in [-0.15, -0.1) is 0 Å². The van der Waals surface area contributed by atoms with Crippen molar-refractivity contribution in [1.29, 1.82) is 0 Å². The second kappa shape index (κ2) is 6.34. The Hall–Kier alpha value is -2.10. The Kier molecular flexibility index (Phi) is 4.69. The molecule has 0 aliphatic rings. The van der Waals surface area contributed by atoms with Crippen molar-refractivity contribution >= 4 is 0 Å². The summed E-state index contributed by atoms with van der Waals surface area (Å²) in [6, 6.07) is 4.60. The number of aryl methyl sites for hydroxylation is 2. The predicted octanol–water partition coefficient (Wildman–Crippen LogP) is 4.56. The van der Waals surface area contributed by atoms with Crippen molar-refractivity contribution in [3.8, 4) is 17.2 Å². The molecule has 1 atom stereocenters. The summed E-state index contributed by atoms with van der Waals surface area (Å²) in [5.74, 6) is 1.95. The van der Waals surface area contributed by atoms with Crippen LogP contribution in [0.5, 0.6) is 17.2 Å². The highest BCUT2D eigenvalue weighted by Gasteiger charge is 2.18. The van der Waals surface area contributed by atoms with Crippen molar-refractivity contribution < 1.29 is 19.7 Å². The minimum absolute atomic E-state index is 0.0302. The average molecular weight is 304 g/mol. The van der Waals surface area contributed by atoms with Gasteiger partial charge in [-0.3, -0.25) is 0 Å². The van der Waals surface area contributed by atoms with Gasteiger partial charge in [0.15, 0.2) is 0 Å². The van der Waals surface area contributed by atoms with Crippen LogP contribution in [0.25, 0.3) is 0 Å². The zero-order chi connectivity index (χ0) is 16.4. The van der Waals surface area contributed by atoms with Crippen LogP contribution >= 0.6 is 0 Å². The zero-order valence-electron chi connectivity index (χ0n) is 13.6. The van der Waals surface area contributed by atoms with E-state index in [4.69, 9.17) is 4.42 Å². The van der Waals surface area contributed by atoms with Crippen LogP contribution in [-0.4, -0.2) is 15.3 Å². The summed E-state index contributed by atoms with van der Waals surface area (Å²) in [4.78, 5) is 0. The molecule has 1 unspecified atom stereocenters. The van der Waals surface area contributed by atoms with E-state index in [0.29, 0.717) is 11.5 Å². The van der Waals surface area contributed by atoms with Gasteiger partial charge in [0.05, 0.1) is 0 Å². The number of hydrogen-bond donors (Lipinski definition) is 3. The smallest absolute Gasteiger partial charge is 0.126 e. The Morgan fingerprint density at radius 1 is 1.00 bits per heavy atom. The van der Waals surface area contributed by atoms with Crippen molar-refractivity contribution in [2.24, 2.45) is 0 Å². The summed E-state index contributed by atoms with van der Waals surface area (Å²) in [5, 5.41) is 29.2. The zero-order valence-corrected chi connectivity index (χ0v) is 13.6. The number of phenolic OH excluding ortho intramolecular Hbond substituents is 3. The van der Waals surface area contributed by atoms with E-state index in [1.54, 1.807) is 0 Å². The second-order valence-corrected chi connectivity index (χ2v) is 6.22. The van der Waals surface area contributed by atoms with Crippen molar-refractivity contribution in [2.45, 2.75) is 52.4 Å². The molecule has 1 aromatic heterocycles. The summed E-state index contributed by atoms with van der Waals surface area (Å²) < 4.78 is 5.75. The molecular weight excluding hydrogens is 280 g/mol. The van der Waals surface area contributed by atoms with Crippen LogP contribution in [0.3, 0.4) is 0 Å². The van der Waals surface area contributed by atoms with E-state index in [0.717, 1.165) is 29.9 Å². The Morgan fingerprint density at radius 3 is 2.09 bits per heavy atom. The molecule has 2 aromatic rings. The highest BCUT2D eigenvalue weighted by molar-refractivity contribution is 5.50. The molecule has 0 fully saturated rings. The molecule has 0 bridgehead atoms. The second-order valence-electron chi connectivity index (χ2n) is 6.22. The van der Waals surface area contributed by atoms with E-state index in [9.17, 15) is 15.3 Å². The van der Waals surface area contributed by atoms with Crippen molar-refractivity contribution in [3.05, 3.63) is 40.8 Å². The molecule has 0 spiro atoms. The third-order valence-electron chi connectivity index (χ3n) is 4.07. The van der Waals surface area contributed by atoms with Gasteiger partial charge in [0.25, 0.3) is 0 Å². The van der Waals surface area contributed by atoms with Crippen LogP contribution in [0.1, 0.15) is 61.7 Å². The number of rotatable bonds is 5. The van der Waals surface area contributed by atoms with Crippen LogP contribution in [0, 0.1) is 6.92 Å². The Balaban J connectivity index is 2.12. The first-order chi connectivity index (χ1) is 10.3. The third kappa shape index (κ3) is 3.38. The van der Waals surface area contributed by atoms with E-state index in [2.05, 4.69) is 19.9 Å². The first kappa shape index (κ1) is 16.3. The van der Waals surface area contributed by atoms with Gasteiger partial charge < -0.3 is 19.7 Å². The molecule has 4 heteroatoms. The summed E-state index contributed by atoms with van der Waals surface area (Å²) in [6.07, 6.45) is 1.58. The van der Waals surface area contributed by atoms with Gasteiger partial charge in [0, 0.05) is 23.6 Å². The van der Waals surface area contributed by atoms with Gasteiger partial charge in [0.2, 0.25) is 0 Å². The maximum absolute atomic E-state index is 9.93. The maximum atomic E-state index is 9.93. The first-order valence-corrected chi connectivity index (χ1v) is 7.63. The monoisotopic (exact) mass is 304 g/mol. The van der Waals surface area contributed by atoms with E-state index < -0.39 is 0 Å². The van der Waals surface area contributed by atoms with Crippen LogP contribution in [-0.2, 0) is 6.42 Å². The Bertz CT molecular complexity index is 632. The molecule has 1 heterocycles. The molecule has 4 nitrogen and oxygen atoms in total. The fourth-order valence-corrected chi connectivity index (χ4v) is 2.71. The number of benzene rings is 1. The van der Waals surface area contributed by atoms with Crippen LogP contribution in [0.15, 0.2) is 22.6 Å². The largest absolute Gasteiger partial charge is 0.508 e. The number of hydrogen-bond acceptors (Lipinski definition) is 4. The summed E-state index contributed by atoms with van der Waals surface area (Å²) in [7, 11) is 0. The Labute approximate surface area is 131 Å². The lowest BCUT2D eigenvalue weighted by molar-refractivity contribution is 0.411. The summed E-state index contributed by atoms with van der Waals surface area (Å²) in [5.41, 5.74) is 1.64. The van der Waals surface area contributed by atoms with Crippen molar-refractivity contribution in [2.75, 3.05) is 0 Å². The van der Waals surface area contributed by atoms with Crippen LogP contribution < -0.4 is 0 Å². The van der Waals surface area contributed by atoms with E-state index in [1.807, 2.05) is 13.8 Å². The lowest BCUT2D eigenvalue weighted by Gasteiger charge is -2.15. The molecule has 0 aliphatic carbocycles. The van der Waals surface area contributed by atoms with Gasteiger partial charge in [-0.05, 0) is 37.3 Å². The van der Waals surface area contributed by atoms with E-state index >= 15 is 0 Å². The maximum Gasteiger partial charge on any atom is 0.126 e. The average Bonchev–Trinajstić information content (AvgIpc) is 2.76. The molecule has 22 heavy (non-hydrogen) atoms. The molecule has 1 aromatic carbocycles. The van der Waals surface area contributed by atoms with Crippen LogP contribution in [0.4, 0.5) is 0 Å². The molecule has 0 radical (unpaired) electrons. The number of aromatic hydroxyl groups is 3. The number of phenols is 3. The van der Waals surface area contributed by atoms with Gasteiger partial charge in [-0.2, -0.15) is 0 Å². The fourth-order valence-electron chi connectivity index (χ4n) is 2.71. The molecule has 120 valence electrons. The van der Waals surface area contributed by atoms with E-state index in [1.165, 1.54) is 12.1 Å². The molecule has 0 saturated heterocycles. The topological polar surface area (TPSA) is 73.8 Å². The van der Waals surface area contributed by atoms with Crippen molar-refractivity contribution in [3.63, 3.8) is 0 Å². The molecule has 2 rings (SSSR count). The molecule has 0 saturated carbocycles. The molecule has 3 N–H and O–H groups in total. The number of furan rings is 1. The summed E-state index contributed by atoms with van der Waals surface area (Å²) >= 11 is 0. The summed E-state index contributed by atoms with van der Waals surface area (Å²) in [6.45, 7) is 8.10. The first-order valence-electron chi connectivity index (χ1n) is 7.63. The lowest BCUT2D eigenvalue weighted by Crippen LogP contribution is -1.98. The highest BCUT2D eigenvalue weighted by Crippen LogP contribution is 2.39.